The smallest absolute Gasteiger partial charge is 0.134 e. The Labute approximate surface area is 53.4 Å². The van der Waals surface area contributed by atoms with E-state index in [4.69, 9.17) is 0 Å². The second-order valence-corrected chi connectivity index (χ2v) is 1.94. The maximum absolute atomic E-state index is 10.5. The van der Waals surface area contributed by atoms with Crippen LogP contribution in [-0.4, -0.2) is 12.0 Å². The van der Waals surface area contributed by atoms with Gasteiger partial charge < -0.3 is 0 Å². The fourth-order valence-electron chi connectivity index (χ4n) is 0.627. The fraction of sp³-hybridized carbons (Fsp3) is 0.333. The molecule has 0 aromatic heterocycles. The molecular weight excluding hydrogens is 116 g/mol. The lowest BCUT2D eigenvalue weighted by Crippen LogP contribution is -1.92. The lowest BCUT2D eigenvalue weighted by molar-refractivity contribution is -0.116. The molecule has 0 saturated carbocycles. The normalized spacial score (nSPS) is 15.0. The summed E-state index contributed by atoms with van der Waals surface area (Å²) in [4.78, 5) is 10.5. The minimum atomic E-state index is 0.143. The molecule has 0 saturated heterocycles. The monoisotopic (exact) mass is 123 g/mol. The third-order valence-corrected chi connectivity index (χ3v) is 0.967. The predicted octanol–water partition coefficient (Wildman–Crippen LogP) is 0.453. The first-order valence-electron chi connectivity index (χ1n) is 2.70. The number of rotatable bonds is 2. The molecule has 9 heavy (non-hydrogen) atoms. The Balaban J connectivity index is 2.45. The van der Waals surface area contributed by atoms with E-state index in [0.717, 1.165) is 5.57 Å². The van der Waals surface area contributed by atoms with E-state index < -0.39 is 0 Å². The highest BCUT2D eigenvalue weighted by Gasteiger charge is 2.01. The summed E-state index contributed by atoms with van der Waals surface area (Å²) < 4.78 is 0. The van der Waals surface area contributed by atoms with Gasteiger partial charge in [-0.05, 0) is 12.5 Å². The van der Waals surface area contributed by atoms with E-state index in [1.54, 1.807) is 19.3 Å². The Kier molecular flexibility index (Phi) is 1.63. The molecule has 1 heterocycles. The molecule has 1 rings (SSSR count). The van der Waals surface area contributed by atoms with E-state index in [0.29, 0.717) is 6.42 Å². The highest BCUT2D eigenvalue weighted by Crippen LogP contribution is 2.01. The topological polar surface area (TPSA) is 43.5 Å². The average molecular weight is 123 g/mol. The largest absolute Gasteiger partial charge is 0.300 e. The van der Waals surface area contributed by atoms with E-state index in [1.807, 2.05) is 0 Å². The molecule has 3 nitrogen and oxygen atoms in total. The van der Waals surface area contributed by atoms with Gasteiger partial charge in [-0.1, -0.05) is 0 Å². The summed E-state index contributed by atoms with van der Waals surface area (Å²) in [6.45, 7) is 1.55. The second kappa shape index (κ2) is 2.44. The zero-order chi connectivity index (χ0) is 6.69. The van der Waals surface area contributed by atoms with Crippen LogP contribution in [0.5, 0.6) is 0 Å². The number of nitrogens with zero attached hydrogens (tertiary/aromatic N) is 2. The molecule has 0 unspecified atom stereocenters. The first-order valence-corrected chi connectivity index (χ1v) is 2.70. The number of hydrogen-bond donors (Lipinski definition) is 0. The van der Waals surface area contributed by atoms with Crippen LogP contribution in [-0.2, 0) is 4.79 Å². The Hall–Kier alpha value is -1.12. The zero-order valence-electron chi connectivity index (χ0n) is 5.16. The van der Waals surface area contributed by atoms with Crippen molar-refractivity contribution in [3.05, 3.63) is 11.8 Å². The van der Waals surface area contributed by atoms with E-state index in [9.17, 15) is 4.79 Å². The van der Waals surface area contributed by atoms with Gasteiger partial charge in [-0.15, -0.1) is 0 Å². The van der Waals surface area contributed by atoms with Gasteiger partial charge in [0, 0.05) is 6.42 Å². The standard InChI is InChI=1S/C6H7N2O/c1-5(9)2-6-3-7-8-4-6/h3-4H,2H2,1H3. The summed E-state index contributed by atoms with van der Waals surface area (Å²) in [5.74, 6) is 0.143. The van der Waals surface area contributed by atoms with Gasteiger partial charge in [-0.2, -0.15) is 10.5 Å². The SMILES string of the molecule is CC(=O)CC1=C[N]N=C1. The van der Waals surface area contributed by atoms with Gasteiger partial charge >= 0.3 is 0 Å². The Bertz CT molecular complexity index is 181. The van der Waals surface area contributed by atoms with Gasteiger partial charge in [0.05, 0.1) is 12.4 Å². The fourth-order valence-corrected chi connectivity index (χ4v) is 0.627. The molecule has 0 N–H and O–H groups in total. The highest BCUT2D eigenvalue weighted by molar-refractivity contribution is 5.90. The van der Waals surface area contributed by atoms with Gasteiger partial charge in [0.25, 0.3) is 0 Å². The van der Waals surface area contributed by atoms with Crippen LogP contribution in [0.25, 0.3) is 0 Å². The van der Waals surface area contributed by atoms with Crippen molar-refractivity contribution in [2.45, 2.75) is 13.3 Å². The van der Waals surface area contributed by atoms with E-state index >= 15 is 0 Å². The molecule has 0 fully saturated rings. The van der Waals surface area contributed by atoms with Crippen LogP contribution in [0.4, 0.5) is 0 Å². The molecule has 0 spiro atoms. The Morgan fingerprint density at radius 1 is 1.78 bits per heavy atom. The molecule has 0 aromatic rings. The molecule has 0 atom stereocenters. The quantitative estimate of drug-likeness (QED) is 0.525. The summed E-state index contributed by atoms with van der Waals surface area (Å²) in [7, 11) is 0. The van der Waals surface area contributed by atoms with Crippen LogP contribution >= 0.6 is 0 Å². The van der Waals surface area contributed by atoms with Crippen LogP contribution in [0.15, 0.2) is 16.9 Å². The van der Waals surface area contributed by atoms with E-state index in [1.165, 1.54) is 0 Å². The maximum Gasteiger partial charge on any atom is 0.134 e. The number of ketones is 1. The highest BCUT2D eigenvalue weighted by atomic mass is 16.1. The summed E-state index contributed by atoms with van der Waals surface area (Å²) >= 11 is 0. The van der Waals surface area contributed by atoms with Crippen molar-refractivity contribution in [1.29, 1.82) is 0 Å². The number of carbonyl (C=O) groups is 1. The van der Waals surface area contributed by atoms with Gasteiger partial charge in [-0.3, -0.25) is 4.79 Å². The minimum Gasteiger partial charge on any atom is -0.300 e. The minimum absolute atomic E-state index is 0.143. The third-order valence-electron chi connectivity index (χ3n) is 0.967. The molecule has 47 valence electrons. The van der Waals surface area contributed by atoms with Crippen molar-refractivity contribution >= 4 is 12.0 Å². The van der Waals surface area contributed by atoms with Crippen molar-refractivity contribution in [3.8, 4) is 0 Å². The predicted molar refractivity (Wildman–Crippen MR) is 34.0 cm³/mol. The number of carbonyl (C=O) groups excluding carboxylic acids is 1. The Morgan fingerprint density at radius 3 is 3.00 bits per heavy atom. The average Bonchev–Trinajstić information content (AvgIpc) is 2.15. The van der Waals surface area contributed by atoms with Crippen LogP contribution in [0, 0.1) is 0 Å². The molecule has 1 radical (unpaired) electrons. The maximum atomic E-state index is 10.5. The molecule has 0 bridgehead atoms. The molecule has 0 aromatic carbocycles. The lowest BCUT2D eigenvalue weighted by Gasteiger charge is -1.87. The summed E-state index contributed by atoms with van der Waals surface area (Å²) in [5, 5.41) is 3.57. The number of Topliss-reactive ketones (excluding diaryl/α,β-unsaturated/α-hetero) is 1. The van der Waals surface area contributed by atoms with Crippen molar-refractivity contribution in [1.82, 2.24) is 5.43 Å². The molecule has 0 amide bonds. The summed E-state index contributed by atoms with van der Waals surface area (Å²) in [6.07, 6.45) is 3.65. The zero-order valence-corrected chi connectivity index (χ0v) is 5.16. The molecule has 3 heteroatoms. The van der Waals surface area contributed by atoms with E-state index in [-0.39, 0.29) is 5.78 Å². The van der Waals surface area contributed by atoms with Crippen molar-refractivity contribution < 1.29 is 4.79 Å². The first kappa shape index (κ1) is 6.01. The van der Waals surface area contributed by atoms with Crippen LogP contribution in [0.3, 0.4) is 0 Å². The van der Waals surface area contributed by atoms with Gasteiger partial charge in [-0.25, -0.2) is 0 Å². The summed E-state index contributed by atoms with van der Waals surface area (Å²) in [5.41, 5.74) is 4.46. The molecular formula is C6H7N2O. The molecule has 1 aliphatic rings. The van der Waals surface area contributed by atoms with Gasteiger partial charge in [0.2, 0.25) is 0 Å². The van der Waals surface area contributed by atoms with Gasteiger partial charge in [0.15, 0.2) is 0 Å². The molecule has 0 aliphatic carbocycles. The molecule has 1 aliphatic heterocycles. The lowest BCUT2D eigenvalue weighted by atomic mass is 10.2. The first-order chi connectivity index (χ1) is 4.29. The van der Waals surface area contributed by atoms with Gasteiger partial charge in [0.1, 0.15) is 5.78 Å². The van der Waals surface area contributed by atoms with Crippen LogP contribution < -0.4 is 5.43 Å². The summed E-state index contributed by atoms with van der Waals surface area (Å²) in [6, 6.07) is 0. The van der Waals surface area contributed by atoms with Crippen molar-refractivity contribution in [2.75, 3.05) is 0 Å². The number of hydrogen-bond acceptors (Lipinski definition) is 2. The third kappa shape index (κ3) is 1.68. The Morgan fingerprint density at radius 2 is 2.56 bits per heavy atom. The second-order valence-electron chi connectivity index (χ2n) is 1.94. The van der Waals surface area contributed by atoms with Crippen LogP contribution in [0.2, 0.25) is 0 Å². The van der Waals surface area contributed by atoms with Crippen molar-refractivity contribution in [3.63, 3.8) is 0 Å². The van der Waals surface area contributed by atoms with Crippen LogP contribution in [0.1, 0.15) is 13.3 Å². The van der Waals surface area contributed by atoms with E-state index in [2.05, 4.69) is 10.5 Å². The number of allylic oxidation sites excluding steroid dienone is 1. The van der Waals surface area contributed by atoms with Crippen molar-refractivity contribution in [2.24, 2.45) is 5.10 Å².